The molecule has 0 bridgehead atoms. The van der Waals surface area contributed by atoms with Crippen molar-refractivity contribution in [2.24, 2.45) is 4.99 Å². The fourth-order valence-corrected chi connectivity index (χ4v) is 2.00. The van der Waals surface area contributed by atoms with E-state index in [-0.39, 0.29) is 24.0 Å². The quantitative estimate of drug-likeness (QED) is 0.292. The number of hydrogen-bond donors (Lipinski definition) is 2. The molecule has 0 fully saturated rings. The summed E-state index contributed by atoms with van der Waals surface area (Å²) in [6.45, 7) is 5.22. The molecule has 2 N–H and O–H groups in total. The molecule has 1 rings (SSSR count). The molecular formula is C15H26IN3OS. The van der Waals surface area contributed by atoms with Gasteiger partial charge >= 0.3 is 0 Å². The largest absolute Gasteiger partial charge is 0.380 e. The van der Waals surface area contributed by atoms with Crippen LogP contribution in [0.2, 0.25) is 0 Å². The van der Waals surface area contributed by atoms with E-state index in [1.54, 1.807) is 7.11 Å². The van der Waals surface area contributed by atoms with Crippen LogP contribution in [0.3, 0.4) is 0 Å². The molecule has 1 aromatic carbocycles. The minimum Gasteiger partial charge on any atom is -0.380 e. The van der Waals surface area contributed by atoms with Crippen LogP contribution in [-0.4, -0.2) is 38.2 Å². The van der Waals surface area contributed by atoms with Crippen molar-refractivity contribution in [3.05, 3.63) is 35.4 Å². The molecule has 1 aromatic rings. The van der Waals surface area contributed by atoms with Crippen LogP contribution in [0.15, 0.2) is 29.3 Å². The molecular weight excluding hydrogens is 397 g/mol. The zero-order valence-electron chi connectivity index (χ0n) is 13.0. The number of hydrogen-bond acceptors (Lipinski definition) is 3. The number of rotatable bonds is 8. The van der Waals surface area contributed by atoms with Crippen molar-refractivity contribution in [1.82, 2.24) is 10.6 Å². The third-order valence-corrected chi connectivity index (χ3v) is 3.31. The minimum absolute atomic E-state index is 0. The van der Waals surface area contributed by atoms with Gasteiger partial charge in [-0.3, -0.25) is 0 Å². The van der Waals surface area contributed by atoms with E-state index in [1.807, 2.05) is 11.8 Å². The van der Waals surface area contributed by atoms with E-state index < -0.39 is 0 Å². The standard InChI is InChI=1S/C15H25N3OS.HI/c1-4-16-15(17-9-10-20-3)18-11-13-5-7-14(8-6-13)12-19-2;/h5-8H,4,9-12H2,1-3H3,(H2,16,17,18);1H. The first kappa shape index (κ1) is 20.5. The second-order valence-corrected chi connectivity index (χ2v) is 5.35. The summed E-state index contributed by atoms with van der Waals surface area (Å²) in [6, 6.07) is 8.37. The minimum atomic E-state index is 0. The normalized spacial score (nSPS) is 10.9. The molecule has 0 radical (unpaired) electrons. The number of methoxy groups -OCH3 is 1. The predicted octanol–water partition coefficient (Wildman–Crippen LogP) is 2.87. The van der Waals surface area contributed by atoms with Gasteiger partial charge in [0.05, 0.1) is 13.2 Å². The lowest BCUT2D eigenvalue weighted by Crippen LogP contribution is -2.38. The number of thioether (sulfide) groups is 1. The number of nitrogens with one attached hydrogen (secondary N) is 2. The highest BCUT2D eigenvalue weighted by molar-refractivity contribution is 14.0. The van der Waals surface area contributed by atoms with Crippen LogP contribution in [-0.2, 0) is 17.9 Å². The summed E-state index contributed by atoms with van der Waals surface area (Å²) in [5, 5.41) is 6.57. The van der Waals surface area contributed by atoms with Crippen LogP contribution in [0, 0.1) is 0 Å². The molecule has 0 saturated heterocycles. The average molecular weight is 423 g/mol. The molecule has 6 heteroatoms. The summed E-state index contributed by atoms with van der Waals surface area (Å²) in [4.78, 5) is 4.59. The maximum Gasteiger partial charge on any atom is 0.191 e. The molecule has 120 valence electrons. The molecule has 0 aliphatic carbocycles. The zero-order chi connectivity index (χ0) is 14.6. The predicted molar refractivity (Wildman–Crippen MR) is 104 cm³/mol. The van der Waals surface area contributed by atoms with Crippen molar-refractivity contribution >= 4 is 41.7 Å². The summed E-state index contributed by atoms with van der Waals surface area (Å²) in [7, 11) is 1.71. The Morgan fingerprint density at radius 3 is 2.43 bits per heavy atom. The van der Waals surface area contributed by atoms with Gasteiger partial charge in [0.25, 0.3) is 0 Å². The third-order valence-electron chi connectivity index (χ3n) is 2.70. The first-order chi connectivity index (χ1) is 9.80. The first-order valence-corrected chi connectivity index (χ1v) is 8.27. The molecule has 0 aromatic heterocycles. The van der Waals surface area contributed by atoms with E-state index in [0.29, 0.717) is 13.2 Å². The van der Waals surface area contributed by atoms with Crippen LogP contribution in [0.1, 0.15) is 18.1 Å². The highest BCUT2D eigenvalue weighted by Gasteiger charge is 1.97. The fourth-order valence-electron chi connectivity index (χ4n) is 1.69. The van der Waals surface area contributed by atoms with Crippen molar-refractivity contribution in [1.29, 1.82) is 0 Å². The van der Waals surface area contributed by atoms with Gasteiger partial charge in [-0.2, -0.15) is 11.8 Å². The van der Waals surface area contributed by atoms with Crippen molar-refractivity contribution in [2.45, 2.75) is 20.1 Å². The van der Waals surface area contributed by atoms with Crippen LogP contribution >= 0.6 is 35.7 Å². The second-order valence-electron chi connectivity index (χ2n) is 4.36. The van der Waals surface area contributed by atoms with E-state index >= 15 is 0 Å². The Kier molecular flexibility index (Phi) is 12.9. The Hall–Kier alpha value is -0.470. The highest BCUT2D eigenvalue weighted by Crippen LogP contribution is 2.06. The number of benzene rings is 1. The van der Waals surface area contributed by atoms with Crippen LogP contribution in [0.4, 0.5) is 0 Å². The van der Waals surface area contributed by atoms with Gasteiger partial charge in [-0.05, 0) is 24.3 Å². The van der Waals surface area contributed by atoms with E-state index in [1.165, 1.54) is 11.1 Å². The lowest BCUT2D eigenvalue weighted by molar-refractivity contribution is 0.185. The molecule has 0 atom stereocenters. The lowest BCUT2D eigenvalue weighted by Gasteiger charge is -2.10. The number of halogens is 1. The van der Waals surface area contributed by atoms with E-state index in [4.69, 9.17) is 4.74 Å². The monoisotopic (exact) mass is 423 g/mol. The third kappa shape index (κ3) is 9.21. The number of nitrogens with zero attached hydrogens (tertiary/aromatic N) is 1. The van der Waals surface area contributed by atoms with Gasteiger partial charge in [0.1, 0.15) is 0 Å². The van der Waals surface area contributed by atoms with Gasteiger partial charge in [0, 0.05) is 26.0 Å². The summed E-state index contributed by atoms with van der Waals surface area (Å²) in [5.74, 6) is 1.96. The van der Waals surface area contributed by atoms with Crippen molar-refractivity contribution in [3.63, 3.8) is 0 Å². The average Bonchev–Trinajstić information content (AvgIpc) is 2.47. The number of aliphatic imine (C=N–C) groups is 1. The van der Waals surface area contributed by atoms with Gasteiger partial charge in [0.15, 0.2) is 5.96 Å². The van der Waals surface area contributed by atoms with Crippen LogP contribution in [0.25, 0.3) is 0 Å². The molecule has 0 saturated carbocycles. The molecule has 0 heterocycles. The van der Waals surface area contributed by atoms with Crippen LogP contribution in [0.5, 0.6) is 0 Å². The van der Waals surface area contributed by atoms with Crippen molar-refractivity contribution in [3.8, 4) is 0 Å². The summed E-state index contributed by atoms with van der Waals surface area (Å²) in [6.07, 6.45) is 2.10. The molecule has 0 amide bonds. The number of ether oxygens (including phenoxy) is 1. The Bertz CT molecular complexity index is 398. The Morgan fingerprint density at radius 2 is 1.86 bits per heavy atom. The van der Waals surface area contributed by atoms with Crippen molar-refractivity contribution < 1.29 is 4.74 Å². The molecule has 4 nitrogen and oxygen atoms in total. The van der Waals surface area contributed by atoms with Gasteiger partial charge in [-0.1, -0.05) is 24.3 Å². The van der Waals surface area contributed by atoms with Gasteiger partial charge < -0.3 is 15.4 Å². The summed E-state index contributed by atoms with van der Waals surface area (Å²) in [5.41, 5.74) is 2.39. The summed E-state index contributed by atoms with van der Waals surface area (Å²) < 4.78 is 5.10. The number of guanidine groups is 1. The van der Waals surface area contributed by atoms with Gasteiger partial charge in [0.2, 0.25) is 0 Å². The van der Waals surface area contributed by atoms with Crippen LogP contribution < -0.4 is 10.6 Å². The molecule has 0 unspecified atom stereocenters. The topological polar surface area (TPSA) is 45.7 Å². The molecule has 0 spiro atoms. The highest BCUT2D eigenvalue weighted by atomic mass is 127. The van der Waals surface area contributed by atoms with E-state index in [0.717, 1.165) is 24.8 Å². The Labute approximate surface area is 149 Å². The van der Waals surface area contributed by atoms with Gasteiger partial charge in [-0.15, -0.1) is 24.0 Å². The molecule has 0 aliphatic rings. The van der Waals surface area contributed by atoms with Gasteiger partial charge in [-0.25, -0.2) is 4.99 Å². The SMILES string of the molecule is CCNC(=NCc1ccc(COC)cc1)NCCSC.I. The smallest absolute Gasteiger partial charge is 0.191 e. The Balaban J connectivity index is 0.00000400. The van der Waals surface area contributed by atoms with E-state index in [9.17, 15) is 0 Å². The maximum absolute atomic E-state index is 5.10. The summed E-state index contributed by atoms with van der Waals surface area (Å²) >= 11 is 1.83. The maximum atomic E-state index is 5.10. The lowest BCUT2D eigenvalue weighted by atomic mass is 10.1. The first-order valence-electron chi connectivity index (χ1n) is 6.88. The van der Waals surface area contributed by atoms with Crippen molar-refractivity contribution in [2.75, 3.05) is 32.2 Å². The second kappa shape index (κ2) is 13.2. The zero-order valence-corrected chi connectivity index (χ0v) is 16.2. The Morgan fingerprint density at radius 1 is 1.19 bits per heavy atom. The fraction of sp³-hybridized carbons (Fsp3) is 0.533. The molecule has 0 aliphatic heterocycles. The molecule has 21 heavy (non-hydrogen) atoms. The van der Waals surface area contributed by atoms with E-state index in [2.05, 4.69) is 53.1 Å².